The molecule has 0 aliphatic rings. The lowest BCUT2D eigenvalue weighted by Crippen LogP contribution is -2.27. The van der Waals surface area contributed by atoms with E-state index in [0.717, 1.165) is 0 Å². The second-order valence-electron chi connectivity index (χ2n) is 2.22. The summed E-state index contributed by atoms with van der Waals surface area (Å²) in [7, 11) is -1.38. The molecule has 58 valence electrons. The molecule has 5 heteroatoms. The fourth-order valence-corrected chi connectivity index (χ4v) is 0.830. The summed E-state index contributed by atoms with van der Waals surface area (Å²) in [6.45, 7) is 0. The van der Waals surface area contributed by atoms with E-state index in [-0.39, 0.29) is 0 Å². The molecule has 0 spiro atoms. The minimum Gasteiger partial charge on any atom is -0.425 e. The molecule has 0 unspecified atom stereocenters. The van der Waals surface area contributed by atoms with E-state index in [9.17, 15) is 4.91 Å². The maximum absolute atomic E-state index is 9.92. The second-order valence-corrected chi connectivity index (χ2v) is 2.22. The molecule has 0 saturated heterocycles. The molecule has 0 aliphatic heterocycles. The number of nitrogens with zero attached hydrogens (tertiary/aromatic N) is 2. The van der Waals surface area contributed by atoms with Crippen molar-refractivity contribution in [2.45, 2.75) is 0 Å². The molecular formula is C7H5BN2O2. The Labute approximate surface area is 69.6 Å². The molecule has 12 heavy (non-hydrogen) atoms. The third kappa shape index (κ3) is 1.68. The van der Waals surface area contributed by atoms with Gasteiger partial charge in [0, 0.05) is 0 Å². The predicted octanol–water partition coefficient (Wildman–Crippen LogP) is 0.0122. The summed E-state index contributed by atoms with van der Waals surface area (Å²) in [4.78, 5) is 9.92. The maximum atomic E-state index is 9.92. The molecule has 0 aromatic heterocycles. The highest BCUT2D eigenvalue weighted by molar-refractivity contribution is 6.64. The molecule has 0 heterocycles. The van der Waals surface area contributed by atoms with E-state index in [1.165, 1.54) is 12.1 Å². The Balaban J connectivity index is 3.03. The van der Waals surface area contributed by atoms with E-state index in [1.54, 1.807) is 12.1 Å². The van der Waals surface area contributed by atoms with Crippen molar-refractivity contribution >= 4 is 12.5 Å². The van der Waals surface area contributed by atoms with Crippen LogP contribution in [-0.2, 0) is 0 Å². The van der Waals surface area contributed by atoms with Gasteiger partial charge in [-0.25, -0.2) is 0 Å². The van der Waals surface area contributed by atoms with Crippen LogP contribution in [0.25, 0.3) is 0 Å². The summed E-state index contributed by atoms with van der Waals surface area (Å²) in [5.74, 6) is 0. The van der Waals surface area contributed by atoms with Gasteiger partial charge in [0.25, 0.3) is 0 Å². The minimum absolute atomic E-state index is 0.337. The lowest BCUT2D eigenvalue weighted by Gasteiger charge is -1.96. The van der Waals surface area contributed by atoms with Gasteiger partial charge in [0.05, 0.1) is 11.6 Å². The van der Waals surface area contributed by atoms with Gasteiger partial charge >= 0.3 is 7.05 Å². The van der Waals surface area contributed by atoms with Gasteiger partial charge < -0.3 is 5.02 Å². The number of nitriles is 1. The van der Waals surface area contributed by atoms with Gasteiger partial charge in [-0.2, -0.15) is 10.2 Å². The first-order valence-corrected chi connectivity index (χ1v) is 3.28. The SMILES string of the molecule is N#Cc1cccc(B(O)N=O)c1. The monoisotopic (exact) mass is 160 g/mol. The standard InChI is InChI=1S/C7H5BN2O2/c9-5-6-2-1-3-7(4-6)8(11)10-12/h1-4,11H. The van der Waals surface area contributed by atoms with Crippen LogP contribution in [-0.4, -0.2) is 12.1 Å². The average Bonchev–Trinajstić information content (AvgIpc) is 2.17. The first kappa shape index (κ1) is 8.43. The van der Waals surface area contributed by atoms with Crippen LogP contribution in [0.5, 0.6) is 0 Å². The van der Waals surface area contributed by atoms with Gasteiger partial charge in [-0.3, -0.25) is 0 Å². The fourth-order valence-electron chi connectivity index (χ4n) is 0.830. The third-order valence-electron chi connectivity index (χ3n) is 1.41. The van der Waals surface area contributed by atoms with Crippen LogP contribution in [0.3, 0.4) is 0 Å². The molecule has 0 aliphatic carbocycles. The summed E-state index contributed by atoms with van der Waals surface area (Å²) in [5.41, 5.74) is 0.735. The minimum atomic E-state index is -1.38. The Bertz CT molecular complexity index is 334. The van der Waals surface area contributed by atoms with Gasteiger partial charge in [-0.1, -0.05) is 17.2 Å². The van der Waals surface area contributed by atoms with Crippen molar-refractivity contribution in [3.05, 3.63) is 34.7 Å². The Morgan fingerprint density at radius 2 is 2.33 bits per heavy atom. The number of rotatable bonds is 2. The van der Waals surface area contributed by atoms with Crippen molar-refractivity contribution < 1.29 is 5.02 Å². The number of hydrogen-bond acceptors (Lipinski definition) is 4. The zero-order valence-electron chi connectivity index (χ0n) is 6.14. The second kappa shape index (κ2) is 3.65. The normalized spacial score (nSPS) is 8.67. The molecule has 0 saturated carbocycles. The molecule has 1 aromatic carbocycles. The van der Waals surface area contributed by atoms with E-state index < -0.39 is 7.05 Å². The zero-order valence-corrected chi connectivity index (χ0v) is 6.14. The molecule has 0 fully saturated rings. The Hall–Kier alpha value is -1.67. The highest BCUT2D eigenvalue weighted by Crippen LogP contribution is 1.94. The average molecular weight is 160 g/mol. The molecular weight excluding hydrogens is 155 g/mol. The Morgan fingerprint density at radius 1 is 1.58 bits per heavy atom. The van der Waals surface area contributed by atoms with Gasteiger partial charge in [0.1, 0.15) is 0 Å². The molecule has 4 nitrogen and oxygen atoms in total. The maximum Gasteiger partial charge on any atom is 0.517 e. The summed E-state index contributed by atoms with van der Waals surface area (Å²) in [6.07, 6.45) is 0. The van der Waals surface area contributed by atoms with Crippen LogP contribution in [0, 0.1) is 16.2 Å². The summed E-state index contributed by atoms with van der Waals surface area (Å²) in [5, 5.41) is 19.9. The number of benzene rings is 1. The highest BCUT2D eigenvalue weighted by Gasteiger charge is 2.15. The van der Waals surface area contributed by atoms with Crippen molar-refractivity contribution in [1.82, 2.24) is 0 Å². The molecule has 1 rings (SSSR count). The number of nitroso groups, excluding NO2 is 1. The molecule has 1 N–H and O–H groups in total. The Morgan fingerprint density at radius 3 is 2.92 bits per heavy atom. The van der Waals surface area contributed by atoms with Gasteiger partial charge in [-0.05, 0) is 17.6 Å². The van der Waals surface area contributed by atoms with Crippen LogP contribution < -0.4 is 5.46 Å². The van der Waals surface area contributed by atoms with E-state index in [0.29, 0.717) is 11.0 Å². The zero-order chi connectivity index (χ0) is 8.97. The van der Waals surface area contributed by atoms with Crippen LogP contribution in [0.15, 0.2) is 29.4 Å². The first-order chi connectivity index (χ1) is 5.77. The smallest absolute Gasteiger partial charge is 0.425 e. The van der Waals surface area contributed by atoms with Crippen molar-refractivity contribution in [1.29, 1.82) is 5.26 Å². The van der Waals surface area contributed by atoms with Crippen molar-refractivity contribution in [2.75, 3.05) is 0 Å². The number of hydrogen-bond donors (Lipinski definition) is 1. The highest BCUT2D eigenvalue weighted by atomic mass is 16.3. The third-order valence-corrected chi connectivity index (χ3v) is 1.41. The largest absolute Gasteiger partial charge is 0.517 e. The fraction of sp³-hybridized carbons (Fsp3) is 0. The van der Waals surface area contributed by atoms with Crippen LogP contribution in [0.2, 0.25) is 0 Å². The van der Waals surface area contributed by atoms with E-state index in [4.69, 9.17) is 10.3 Å². The molecule has 0 amide bonds. The van der Waals surface area contributed by atoms with Crippen LogP contribution >= 0.6 is 0 Å². The molecule has 0 atom stereocenters. The molecule has 0 bridgehead atoms. The summed E-state index contributed by atoms with van der Waals surface area (Å²) >= 11 is 0. The van der Waals surface area contributed by atoms with Gasteiger partial charge in [-0.15, -0.1) is 0 Å². The molecule has 0 radical (unpaired) electrons. The van der Waals surface area contributed by atoms with Crippen molar-refractivity contribution in [3.63, 3.8) is 0 Å². The topological polar surface area (TPSA) is 73.4 Å². The van der Waals surface area contributed by atoms with E-state index in [2.05, 4.69) is 5.09 Å². The first-order valence-electron chi connectivity index (χ1n) is 3.28. The lowest BCUT2D eigenvalue weighted by molar-refractivity contribution is 0.587. The van der Waals surface area contributed by atoms with Gasteiger partial charge in [0.15, 0.2) is 0 Å². The van der Waals surface area contributed by atoms with Gasteiger partial charge in [0.2, 0.25) is 0 Å². The summed E-state index contributed by atoms with van der Waals surface area (Å²) < 4.78 is 0. The lowest BCUT2D eigenvalue weighted by atomic mass is 9.75. The van der Waals surface area contributed by atoms with E-state index >= 15 is 0 Å². The quantitative estimate of drug-likeness (QED) is 0.489. The Kier molecular flexibility index (Phi) is 2.56. The summed E-state index contributed by atoms with van der Waals surface area (Å²) in [6, 6.07) is 8.02. The van der Waals surface area contributed by atoms with E-state index in [1.807, 2.05) is 6.07 Å². The van der Waals surface area contributed by atoms with Crippen molar-refractivity contribution in [2.24, 2.45) is 5.09 Å². The molecule has 1 aromatic rings. The van der Waals surface area contributed by atoms with Crippen LogP contribution in [0.1, 0.15) is 5.56 Å². The van der Waals surface area contributed by atoms with Crippen LogP contribution in [0.4, 0.5) is 0 Å². The van der Waals surface area contributed by atoms with Crippen molar-refractivity contribution in [3.8, 4) is 6.07 Å². The predicted molar refractivity (Wildman–Crippen MR) is 44.6 cm³/mol.